The normalized spacial score (nSPS) is 11.8. The molecule has 0 heterocycles. The molecule has 0 aromatic heterocycles. The van der Waals surface area contributed by atoms with Crippen LogP contribution in [0.2, 0.25) is 0 Å². The van der Waals surface area contributed by atoms with E-state index in [9.17, 15) is 9.90 Å². The number of carbonyl (C=O) groups is 1. The van der Waals surface area contributed by atoms with E-state index in [1.165, 1.54) is 0 Å². The van der Waals surface area contributed by atoms with Crippen LogP contribution in [0.25, 0.3) is 0 Å². The Morgan fingerprint density at radius 3 is 2.33 bits per heavy atom. The summed E-state index contributed by atoms with van der Waals surface area (Å²) in [4.78, 5) is 10.2. The minimum absolute atomic E-state index is 0. The summed E-state index contributed by atoms with van der Waals surface area (Å²) in [6.45, 7) is 4.15. The third-order valence-corrected chi connectivity index (χ3v) is 2.00. The van der Waals surface area contributed by atoms with Gasteiger partial charge in [-0.15, -0.1) is 0 Å². The van der Waals surface area contributed by atoms with Crippen molar-refractivity contribution in [2.75, 3.05) is 0 Å². The van der Waals surface area contributed by atoms with Crippen LogP contribution in [-0.4, -0.2) is 5.97 Å². The van der Waals surface area contributed by atoms with E-state index in [0.717, 1.165) is 25.7 Å². The summed E-state index contributed by atoms with van der Waals surface area (Å²) in [6.07, 6.45) is 4.49. The van der Waals surface area contributed by atoms with Crippen molar-refractivity contribution in [1.82, 2.24) is 0 Å². The molecule has 0 aliphatic carbocycles. The molecule has 1 atom stereocenters. The van der Waals surface area contributed by atoms with E-state index in [4.69, 9.17) is 0 Å². The second-order valence-electron chi connectivity index (χ2n) is 2.99. The molecule has 0 rings (SSSR count). The first-order valence-electron chi connectivity index (χ1n) is 4.40. The topological polar surface area (TPSA) is 40.1 Å². The predicted molar refractivity (Wildman–Crippen MR) is 42.9 cm³/mol. The number of carboxylic acids is 1. The fourth-order valence-corrected chi connectivity index (χ4v) is 1.18. The van der Waals surface area contributed by atoms with Crippen molar-refractivity contribution in [3.8, 4) is 0 Å². The Bertz CT molecular complexity index is 115. The van der Waals surface area contributed by atoms with Crippen molar-refractivity contribution in [2.24, 2.45) is 5.92 Å². The van der Waals surface area contributed by atoms with E-state index in [2.05, 4.69) is 6.92 Å². The van der Waals surface area contributed by atoms with Crippen LogP contribution in [-0.2, 0) is 4.79 Å². The van der Waals surface area contributed by atoms with Gasteiger partial charge in [0.05, 0.1) is 0 Å². The Morgan fingerprint density at radius 2 is 2.00 bits per heavy atom. The molecule has 0 amide bonds. The number of hydrogen-bond donors (Lipinski definition) is 0. The Labute approximate surface area is 97.0 Å². The Kier molecular flexibility index (Phi) is 11.9. The molecule has 2 nitrogen and oxygen atoms in total. The van der Waals surface area contributed by atoms with E-state index >= 15 is 0 Å². The Balaban J connectivity index is 0. The maximum Gasteiger partial charge on any atom is 1.00 e. The van der Waals surface area contributed by atoms with E-state index < -0.39 is 5.97 Å². The van der Waals surface area contributed by atoms with Gasteiger partial charge in [-0.25, -0.2) is 0 Å². The minimum atomic E-state index is -0.909. The van der Waals surface area contributed by atoms with Crippen LogP contribution >= 0.6 is 0 Å². The second kappa shape index (κ2) is 9.56. The zero-order valence-electron chi connectivity index (χ0n) is 8.43. The molecule has 1 unspecified atom stereocenters. The van der Waals surface area contributed by atoms with Crippen LogP contribution in [0, 0.1) is 5.92 Å². The summed E-state index contributed by atoms with van der Waals surface area (Å²) in [5.74, 6) is -0.576. The average molecular weight is 180 g/mol. The zero-order chi connectivity index (χ0) is 8.69. The van der Waals surface area contributed by atoms with Gasteiger partial charge in [0, 0.05) is 5.97 Å². The number of unbranched alkanes of at least 4 members (excludes halogenated alkanes) is 1. The number of carboxylic acid groups (broad SMARTS) is 1. The van der Waals surface area contributed by atoms with Crippen LogP contribution in [0.5, 0.6) is 0 Å². The number of rotatable bonds is 6. The van der Waals surface area contributed by atoms with Gasteiger partial charge in [-0.05, 0) is 12.3 Å². The van der Waals surface area contributed by atoms with Gasteiger partial charge in [-0.3, -0.25) is 0 Å². The maximum absolute atomic E-state index is 10.2. The summed E-state index contributed by atoms with van der Waals surface area (Å²) >= 11 is 0. The van der Waals surface area contributed by atoms with Gasteiger partial charge in [0.15, 0.2) is 0 Å². The quantitative estimate of drug-likeness (QED) is 0.459. The standard InChI is InChI=1S/C9H18O2.Na/c1-3-5-6-8(4-2)7-9(10)11;/h8H,3-7H2,1-2H3,(H,10,11);/q;+1/p-1. The van der Waals surface area contributed by atoms with Crippen molar-refractivity contribution in [3.05, 3.63) is 0 Å². The molecule has 0 aromatic carbocycles. The summed E-state index contributed by atoms with van der Waals surface area (Å²) in [6, 6.07) is 0. The van der Waals surface area contributed by atoms with Crippen molar-refractivity contribution in [1.29, 1.82) is 0 Å². The molecular weight excluding hydrogens is 163 g/mol. The van der Waals surface area contributed by atoms with E-state index in [0.29, 0.717) is 5.92 Å². The number of hydrogen-bond acceptors (Lipinski definition) is 2. The van der Waals surface area contributed by atoms with Crippen molar-refractivity contribution >= 4 is 5.97 Å². The largest absolute Gasteiger partial charge is 1.00 e. The molecule has 0 radical (unpaired) electrons. The van der Waals surface area contributed by atoms with Crippen LogP contribution in [0.4, 0.5) is 0 Å². The van der Waals surface area contributed by atoms with E-state index in [1.54, 1.807) is 0 Å². The first kappa shape index (κ1) is 15.0. The molecule has 0 aliphatic heterocycles. The molecule has 0 N–H and O–H groups in total. The summed E-state index contributed by atoms with van der Waals surface area (Å²) in [7, 11) is 0. The number of carbonyl (C=O) groups excluding carboxylic acids is 1. The smallest absolute Gasteiger partial charge is 0.550 e. The zero-order valence-corrected chi connectivity index (χ0v) is 10.4. The van der Waals surface area contributed by atoms with Crippen molar-refractivity contribution in [2.45, 2.75) is 46.0 Å². The maximum atomic E-state index is 10.2. The first-order valence-corrected chi connectivity index (χ1v) is 4.40. The van der Waals surface area contributed by atoms with Crippen LogP contribution in [0.1, 0.15) is 46.0 Å². The molecule has 0 bridgehead atoms. The minimum Gasteiger partial charge on any atom is -0.550 e. The van der Waals surface area contributed by atoms with Crippen molar-refractivity contribution in [3.63, 3.8) is 0 Å². The molecule has 0 spiro atoms. The molecule has 0 aliphatic rings. The SMILES string of the molecule is CCCCC(CC)CC(=O)[O-].[Na+]. The molecule has 3 heteroatoms. The Hall–Kier alpha value is 0.470. The van der Waals surface area contributed by atoms with E-state index in [1.807, 2.05) is 6.92 Å². The van der Waals surface area contributed by atoms with Gasteiger partial charge >= 0.3 is 29.6 Å². The summed E-state index contributed by atoms with van der Waals surface area (Å²) in [5.41, 5.74) is 0. The van der Waals surface area contributed by atoms with Crippen LogP contribution in [0.15, 0.2) is 0 Å². The third kappa shape index (κ3) is 8.57. The van der Waals surface area contributed by atoms with Gasteiger partial charge < -0.3 is 9.90 Å². The van der Waals surface area contributed by atoms with Crippen LogP contribution in [0.3, 0.4) is 0 Å². The fourth-order valence-electron chi connectivity index (χ4n) is 1.18. The van der Waals surface area contributed by atoms with Gasteiger partial charge in [0.25, 0.3) is 0 Å². The molecule has 0 aromatic rings. The Morgan fingerprint density at radius 1 is 1.42 bits per heavy atom. The van der Waals surface area contributed by atoms with Gasteiger partial charge in [-0.2, -0.15) is 0 Å². The van der Waals surface area contributed by atoms with E-state index in [-0.39, 0.29) is 36.0 Å². The van der Waals surface area contributed by atoms with Gasteiger partial charge in [0.2, 0.25) is 0 Å². The third-order valence-electron chi connectivity index (χ3n) is 2.00. The molecule has 12 heavy (non-hydrogen) atoms. The van der Waals surface area contributed by atoms with Gasteiger partial charge in [0.1, 0.15) is 0 Å². The molecule has 0 fully saturated rings. The number of aliphatic carboxylic acids is 1. The average Bonchev–Trinajstić information content (AvgIpc) is 1.97. The van der Waals surface area contributed by atoms with Crippen LogP contribution < -0.4 is 34.7 Å². The molecular formula is C9H17NaO2. The van der Waals surface area contributed by atoms with Gasteiger partial charge in [-0.1, -0.05) is 39.5 Å². The predicted octanol–water partition coefficient (Wildman–Crippen LogP) is -1.65. The second-order valence-corrected chi connectivity index (χ2v) is 2.99. The fraction of sp³-hybridized carbons (Fsp3) is 0.889. The molecule has 66 valence electrons. The first-order chi connectivity index (χ1) is 5.20. The molecule has 0 saturated carbocycles. The monoisotopic (exact) mass is 180 g/mol. The van der Waals surface area contributed by atoms with Crippen molar-refractivity contribution < 1.29 is 39.5 Å². The summed E-state index contributed by atoms with van der Waals surface area (Å²) in [5, 5.41) is 10.2. The molecule has 0 saturated heterocycles. The summed E-state index contributed by atoms with van der Waals surface area (Å²) < 4.78 is 0.